The van der Waals surface area contributed by atoms with E-state index in [0.717, 1.165) is 28.6 Å². The van der Waals surface area contributed by atoms with Crippen LogP contribution in [0.1, 0.15) is 16.8 Å². The highest BCUT2D eigenvalue weighted by molar-refractivity contribution is 7.80. The van der Waals surface area contributed by atoms with Crippen LogP contribution >= 0.6 is 12.6 Å². The number of nitrogens with one attached hydrogen (secondary N) is 1. The van der Waals surface area contributed by atoms with Crippen molar-refractivity contribution < 1.29 is 18.0 Å². The largest absolute Gasteiger partial charge is 0.416 e. The Morgan fingerprint density at radius 2 is 1.80 bits per heavy atom. The topological polar surface area (TPSA) is 34.0 Å². The summed E-state index contributed by atoms with van der Waals surface area (Å²) >= 11 is 4.06. The highest BCUT2D eigenvalue weighted by atomic mass is 32.1. The molecule has 3 rings (SSSR count). The quantitative estimate of drug-likeness (QED) is 0.611. The summed E-state index contributed by atoms with van der Waals surface area (Å²) < 4.78 is 39.4. The average Bonchev–Trinajstić information content (AvgIpc) is 3.00. The third kappa shape index (κ3) is 3.82. The van der Waals surface area contributed by atoms with E-state index in [1.165, 1.54) is 16.7 Å². The van der Waals surface area contributed by atoms with Crippen molar-refractivity contribution in [2.75, 3.05) is 11.1 Å². The second-order valence-corrected chi connectivity index (χ2v) is 5.99. The molecule has 1 N–H and O–H groups in total. The van der Waals surface area contributed by atoms with Gasteiger partial charge in [0.05, 0.1) is 5.56 Å². The highest BCUT2D eigenvalue weighted by Crippen LogP contribution is 2.31. The summed E-state index contributed by atoms with van der Waals surface area (Å²) in [5.41, 5.74) is 0.560. The fourth-order valence-corrected chi connectivity index (χ4v) is 2.73. The van der Waals surface area contributed by atoms with Crippen LogP contribution in [0.25, 0.3) is 10.8 Å². The van der Waals surface area contributed by atoms with Gasteiger partial charge in [0.15, 0.2) is 0 Å². The Kier molecular flexibility index (Phi) is 4.76. The SMILES string of the molecule is O=C(CCS)n1cc2cccc(Nc3ccc(C(F)(F)F)cc3)c2c1. The van der Waals surface area contributed by atoms with Crippen LogP contribution in [0.5, 0.6) is 0 Å². The second-order valence-electron chi connectivity index (χ2n) is 5.54. The lowest BCUT2D eigenvalue weighted by molar-refractivity contribution is -0.137. The van der Waals surface area contributed by atoms with E-state index >= 15 is 0 Å². The Hall–Kier alpha value is -2.41. The molecule has 130 valence electrons. The molecule has 0 radical (unpaired) electrons. The standard InChI is InChI=1S/C18H15F3N2OS/c19-18(20,21)13-4-6-14(7-5-13)22-16-3-1-2-12-10-23(11-15(12)16)17(24)8-9-25/h1-7,10-11,22,25H,8-9H2. The first-order valence-corrected chi connectivity index (χ1v) is 8.21. The minimum Gasteiger partial charge on any atom is -0.355 e. The number of hydrogen-bond donors (Lipinski definition) is 2. The van der Waals surface area contributed by atoms with E-state index in [1.807, 2.05) is 18.2 Å². The molecule has 0 spiro atoms. The van der Waals surface area contributed by atoms with E-state index in [2.05, 4.69) is 17.9 Å². The molecule has 3 nitrogen and oxygen atoms in total. The molecule has 3 aromatic rings. The van der Waals surface area contributed by atoms with E-state index in [1.54, 1.807) is 12.4 Å². The van der Waals surface area contributed by atoms with Crippen LogP contribution in [-0.4, -0.2) is 16.2 Å². The fraction of sp³-hybridized carbons (Fsp3) is 0.167. The van der Waals surface area contributed by atoms with Gasteiger partial charge in [-0.05, 0) is 36.1 Å². The van der Waals surface area contributed by atoms with Gasteiger partial charge in [0.25, 0.3) is 0 Å². The number of aromatic nitrogens is 1. The summed E-state index contributed by atoms with van der Waals surface area (Å²) in [4.78, 5) is 12.0. The van der Waals surface area contributed by atoms with Gasteiger partial charge in [-0.15, -0.1) is 0 Å². The monoisotopic (exact) mass is 364 g/mol. The molecule has 0 fully saturated rings. The third-order valence-corrected chi connectivity index (χ3v) is 4.01. The highest BCUT2D eigenvalue weighted by Gasteiger charge is 2.29. The lowest BCUT2D eigenvalue weighted by atomic mass is 10.1. The number of anilines is 2. The molecule has 0 aliphatic heterocycles. The van der Waals surface area contributed by atoms with Crippen molar-refractivity contribution in [2.24, 2.45) is 0 Å². The minimum atomic E-state index is -4.36. The first kappa shape index (κ1) is 17.4. The average molecular weight is 364 g/mol. The van der Waals surface area contributed by atoms with Gasteiger partial charge in [0.1, 0.15) is 0 Å². The minimum absolute atomic E-state index is 0.0633. The first-order chi connectivity index (χ1) is 11.9. The molecule has 0 saturated heterocycles. The molecule has 0 aliphatic rings. The van der Waals surface area contributed by atoms with Crippen LogP contribution in [0.3, 0.4) is 0 Å². The second kappa shape index (κ2) is 6.84. The molecule has 0 atom stereocenters. The van der Waals surface area contributed by atoms with Crippen LogP contribution < -0.4 is 5.32 Å². The van der Waals surface area contributed by atoms with Gasteiger partial charge >= 0.3 is 6.18 Å². The summed E-state index contributed by atoms with van der Waals surface area (Å²) in [6, 6.07) is 10.3. The number of nitrogens with zero attached hydrogens (tertiary/aromatic N) is 1. The normalized spacial score (nSPS) is 11.7. The smallest absolute Gasteiger partial charge is 0.355 e. The number of alkyl halides is 3. The number of carbonyl (C=O) groups excluding carboxylic acids is 1. The Morgan fingerprint density at radius 3 is 2.44 bits per heavy atom. The Balaban J connectivity index is 1.90. The number of benzene rings is 2. The van der Waals surface area contributed by atoms with Crippen molar-refractivity contribution in [3.8, 4) is 0 Å². The summed E-state index contributed by atoms with van der Waals surface area (Å²) in [5, 5.41) is 4.78. The summed E-state index contributed by atoms with van der Waals surface area (Å²) in [6.45, 7) is 0. The summed E-state index contributed by atoms with van der Waals surface area (Å²) in [6.07, 6.45) is -0.582. The Labute approximate surface area is 147 Å². The Morgan fingerprint density at radius 1 is 1.08 bits per heavy atom. The van der Waals surface area contributed by atoms with Crippen molar-refractivity contribution >= 4 is 40.7 Å². The first-order valence-electron chi connectivity index (χ1n) is 7.57. The molecular weight excluding hydrogens is 349 g/mol. The molecule has 0 bridgehead atoms. The predicted octanol–water partition coefficient (Wildman–Crippen LogP) is 5.36. The maximum absolute atomic E-state index is 12.6. The van der Waals surface area contributed by atoms with Crippen LogP contribution in [0.2, 0.25) is 0 Å². The van der Waals surface area contributed by atoms with Crippen molar-refractivity contribution in [3.63, 3.8) is 0 Å². The van der Waals surface area contributed by atoms with Crippen molar-refractivity contribution in [3.05, 3.63) is 60.4 Å². The van der Waals surface area contributed by atoms with Crippen molar-refractivity contribution in [1.29, 1.82) is 0 Å². The molecule has 0 saturated carbocycles. The van der Waals surface area contributed by atoms with Gasteiger partial charge in [-0.2, -0.15) is 25.8 Å². The summed E-state index contributed by atoms with van der Waals surface area (Å²) in [5.74, 6) is 0.399. The van der Waals surface area contributed by atoms with Gasteiger partial charge in [-0.25, -0.2) is 0 Å². The zero-order valence-corrected chi connectivity index (χ0v) is 13.9. The molecular formula is C18H15F3N2OS. The van der Waals surface area contributed by atoms with E-state index in [-0.39, 0.29) is 5.91 Å². The van der Waals surface area contributed by atoms with E-state index in [4.69, 9.17) is 0 Å². The van der Waals surface area contributed by atoms with Gasteiger partial charge in [-0.1, -0.05) is 12.1 Å². The number of halogens is 3. The summed E-state index contributed by atoms with van der Waals surface area (Å²) in [7, 11) is 0. The van der Waals surface area contributed by atoms with Crippen LogP contribution in [-0.2, 0) is 6.18 Å². The fourth-order valence-electron chi connectivity index (χ4n) is 2.54. The molecule has 1 aromatic heterocycles. The molecule has 25 heavy (non-hydrogen) atoms. The van der Waals surface area contributed by atoms with E-state index in [9.17, 15) is 18.0 Å². The third-order valence-electron chi connectivity index (χ3n) is 3.79. The van der Waals surface area contributed by atoms with Gasteiger partial charge in [-0.3, -0.25) is 9.36 Å². The van der Waals surface area contributed by atoms with Crippen molar-refractivity contribution in [1.82, 2.24) is 4.57 Å². The maximum atomic E-state index is 12.6. The number of fused-ring (bicyclic) bond motifs is 1. The zero-order valence-electron chi connectivity index (χ0n) is 13.0. The molecule has 0 amide bonds. The van der Waals surface area contributed by atoms with E-state index in [0.29, 0.717) is 17.9 Å². The molecule has 0 aliphatic carbocycles. The number of rotatable bonds is 4. The lowest BCUT2D eigenvalue weighted by Gasteiger charge is -2.10. The number of thiol groups is 1. The maximum Gasteiger partial charge on any atom is 0.416 e. The Bertz CT molecular complexity index is 901. The molecule has 0 unspecified atom stereocenters. The molecule has 2 aromatic carbocycles. The van der Waals surface area contributed by atoms with Gasteiger partial charge < -0.3 is 5.32 Å². The predicted molar refractivity (Wildman–Crippen MR) is 95.8 cm³/mol. The lowest BCUT2D eigenvalue weighted by Crippen LogP contribution is -2.07. The van der Waals surface area contributed by atoms with Crippen LogP contribution in [0.4, 0.5) is 24.5 Å². The molecule has 1 heterocycles. The number of hydrogen-bond acceptors (Lipinski definition) is 3. The van der Waals surface area contributed by atoms with Crippen molar-refractivity contribution in [2.45, 2.75) is 12.6 Å². The number of carbonyl (C=O) groups is 1. The zero-order chi connectivity index (χ0) is 18.0. The molecule has 7 heteroatoms. The van der Waals surface area contributed by atoms with Gasteiger partial charge in [0.2, 0.25) is 5.91 Å². The van der Waals surface area contributed by atoms with Crippen LogP contribution in [0, 0.1) is 0 Å². The van der Waals surface area contributed by atoms with Crippen LogP contribution in [0.15, 0.2) is 54.9 Å². The van der Waals surface area contributed by atoms with E-state index < -0.39 is 11.7 Å². The van der Waals surface area contributed by atoms with Gasteiger partial charge in [0, 0.05) is 41.0 Å².